The van der Waals surface area contributed by atoms with Crippen molar-refractivity contribution in [2.24, 2.45) is 0 Å². The summed E-state index contributed by atoms with van der Waals surface area (Å²) in [7, 11) is 0. The summed E-state index contributed by atoms with van der Waals surface area (Å²) in [5.41, 5.74) is 2.75. The van der Waals surface area contributed by atoms with Gasteiger partial charge in [0.15, 0.2) is 0 Å². The van der Waals surface area contributed by atoms with Crippen molar-refractivity contribution >= 4 is 0 Å². The van der Waals surface area contributed by atoms with E-state index in [0.29, 0.717) is 0 Å². The van der Waals surface area contributed by atoms with E-state index in [-0.39, 0.29) is 0 Å². The Morgan fingerprint density at radius 3 is 1.82 bits per heavy atom. The third kappa shape index (κ3) is 6.28. The van der Waals surface area contributed by atoms with Gasteiger partial charge in [-0.15, -0.1) is 0 Å². The summed E-state index contributed by atoms with van der Waals surface area (Å²) in [4.78, 5) is 2.49. The fourth-order valence-electron chi connectivity index (χ4n) is 2.53. The number of rotatable bonds is 9. The van der Waals surface area contributed by atoms with Crippen LogP contribution in [0.15, 0.2) is 72.8 Å². The standard InChI is InChI=1S/C21H27N/c1-2-3-4-5-12-17-22(18-20-13-8-6-9-14-20)19-21-15-10-7-11-16-21/h5-16H,2-4,17-19H2,1H3. The van der Waals surface area contributed by atoms with E-state index in [0.717, 1.165) is 19.6 Å². The SMILES string of the molecule is CCCCC=CCN(Cc1ccccc1)Cc1ccccc1. The van der Waals surface area contributed by atoms with E-state index in [2.05, 4.69) is 84.6 Å². The van der Waals surface area contributed by atoms with Gasteiger partial charge in [0.25, 0.3) is 0 Å². The van der Waals surface area contributed by atoms with Crippen LogP contribution in [0.5, 0.6) is 0 Å². The van der Waals surface area contributed by atoms with Crippen molar-refractivity contribution in [2.45, 2.75) is 39.3 Å². The molecule has 0 bridgehead atoms. The smallest absolute Gasteiger partial charge is 0.0240 e. The van der Waals surface area contributed by atoms with Gasteiger partial charge >= 0.3 is 0 Å². The summed E-state index contributed by atoms with van der Waals surface area (Å²) < 4.78 is 0. The van der Waals surface area contributed by atoms with Crippen molar-refractivity contribution in [3.05, 3.63) is 83.9 Å². The van der Waals surface area contributed by atoms with E-state index in [1.807, 2.05) is 0 Å². The van der Waals surface area contributed by atoms with Crippen molar-refractivity contribution in [2.75, 3.05) is 6.54 Å². The van der Waals surface area contributed by atoms with Crippen LogP contribution in [0.2, 0.25) is 0 Å². The highest BCUT2D eigenvalue weighted by Gasteiger charge is 2.05. The number of hydrogen-bond donors (Lipinski definition) is 0. The molecule has 0 unspecified atom stereocenters. The Balaban J connectivity index is 1.95. The number of hydrogen-bond acceptors (Lipinski definition) is 1. The fourth-order valence-corrected chi connectivity index (χ4v) is 2.53. The maximum Gasteiger partial charge on any atom is 0.0240 e. The quantitative estimate of drug-likeness (QED) is 0.440. The molecular formula is C21H27N. The molecule has 0 aliphatic rings. The second kappa shape index (κ2) is 9.97. The van der Waals surface area contributed by atoms with Gasteiger partial charge in [0, 0.05) is 19.6 Å². The zero-order valence-corrected chi connectivity index (χ0v) is 13.6. The molecule has 0 fully saturated rings. The summed E-state index contributed by atoms with van der Waals surface area (Å²) in [6.07, 6.45) is 8.39. The summed E-state index contributed by atoms with van der Waals surface area (Å²) in [6, 6.07) is 21.5. The molecule has 1 nitrogen and oxygen atoms in total. The van der Waals surface area contributed by atoms with Gasteiger partial charge in [0.2, 0.25) is 0 Å². The van der Waals surface area contributed by atoms with E-state index in [9.17, 15) is 0 Å². The van der Waals surface area contributed by atoms with Gasteiger partial charge in [-0.2, -0.15) is 0 Å². The highest BCUT2D eigenvalue weighted by atomic mass is 15.1. The second-order valence-electron chi connectivity index (χ2n) is 5.75. The molecule has 0 amide bonds. The first-order valence-electron chi connectivity index (χ1n) is 8.33. The van der Waals surface area contributed by atoms with Crippen molar-refractivity contribution < 1.29 is 0 Å². The van der Waals surface area contributed by atoms with Crippen LogP contribution in [0.3, 0.4) is 0 Å². The van der Waals surface area contributed by atoms with E-state index in [1.165, 1.54) is 30.4 Å². The first-order chi connectivity index (χ1) is 10.9. The Kier molecular flexibility index (Phi) is 7.48. The predicted octanol–water partition coefficient (Wildman–Crippen LogP) is 5.44. The number of nitrogens with zero attached hydrogens (tertiary/aromatic N) is 1. The van der Waals surface area contributed by atoms with Crippen LogP contribution >= 0.6 is 0 Å². The fraction of sp³-hybridized carbons (Fsp3) is 0.333. The van der Waals surface area contributed by atoms with Crippen LogP contribution in [-0.4, -0.2) is 11.4 Å². The van der Waals surface area contributed by atoms with Gasteiger partial charge in [0.05, 0.1) is 0 Å². The normalized spacial score (nSPS) is 11.4. The molecule has 2 aromatic rings. The zero-order chi connectivity index (χ0) is 15.5. The van der Waals surface area contributed by atoms with Crippen molar-refractivity contribution in [1.29, 1.82) is 0 Å². The molecule has 0 heterocycles. The third-order valence-electron chi connectivity index (χ3n) is 3.75. The maximum absolute atomic E-state index is 2.49. The lowest BCUT2D eigenvalue weighted by atomic mass is 10.1. The average molecular weight is 293 g/mol. The minimum absolute atomic E-state index is 0.994. The first kappa shape index (κ1) is 16.5. The van der Waals surface area contributed by atoms with E-state index in [4.69, 9.17) is 0 Å². The molecule has 22 heavy (non-hydrogen) atoms. The van der Waals surface area contributed by atoms with Gasteiger partial charge in [-0.1, -0.05) is 92.6 Å². The summed E-state index contributed by atoms with van der Waals surface area (Å²) in [5, 5.41) is 0. The van der Waals surface area contributed by atoms with E-state index >= 15 is 0 Å². The Labute approximate surface area is 135 Å². The first-order valence-corrected chi connectivity index (χ1v) is 8.33. The molecule has 116 valence electrons. The van der Waals surface area contributed by atoms with Crippen molar-refractivity contribution in [3.8, 4) is 0 Å². The Bertz CT molecular complexity index is 489. The minimum atomic E-state index is 0.994. The highest BCUT2D eigenvalue weighted by molar-refractivity contribution is 5.17. The lowest BCUT2D eigenvalue weighted by Gasteiger charge is -2.21. The van der Waals surface area contributed by atoms with Crippen molar-refractivity contribution in [1.82, 2.24) is 4.90 Å². The molecular weight excluding hydrogens is 266 g/mol. The molecule has 0 saturated carbocycles. The van der Waals surface area contributed by atoms with Gasteiger partial charge < -0.3 is 0 Å². The average Bonchev–Trinajstić information content (AvgIpc) is 2.56. The monoisotopic (exact) mass is 293 g/mol. The predicted molar refractivity (Wildman–Crippen MR) is 95.7 cm³/mol. The van der Waals surface area contributed by atoms with Crippen molar-refractivity contribution in [3.63, 3.8) is 0 Å². The summed E-state index contributed by atoms with van der Waals surface area (Å²) in [5.74, 6) is 0. The Morgan fingerprint density at radius 1 is 0.773 bits per heavy atom. The minimum Gasteiger partial charge on any atom is -0.291 e. The molecule has 0 aromatic heterocycles. The van der Waals surface area contributed by atoms with Crippen LogP contribution in [0.25, 0.3) is 0 Å². The van der Waals surface area contributed by atoms with Crippen LogP contribution in [0, 0.1) is 0 Å². The zero-order valence-electron chi connectivity index (χ0n) is 13.6. The molecule has 0 saturated heterocycles. The largest absolute Gasteiger partial charge is 0.291 e. The van der Waals surface area contributed by atoms with Gasteiger partial charge in [-0.3, -0.25) is 4.90 Å². The molecule has 2 aromatic carbocycles. The van der Waals surface area contributed by atoms with Crippen LogP contribution in [-0.2, 0) is 13.1 Å². The molecule has 0 atom stereocenters. The molecule has 0 aliphatic carbocycles. The number of unbranched alkanes of at least 4 members (excludes halogenated alkanes) is 2. The lowest BCUT2D eigenvalue weighted by molar-refractivity contribution is 0.286. The topological polar surface area (TPSA) is 3.24 Å². The van der Waals surface area contributed by atoms with Gasteiger partial charge in [-0.05, 0) is 17.5 Å². The highest BCUT2D eigenvalue weighted by Crippen LogP contribution is 2.10. The van der Waals surface area contributed by atoms with Gasteiger partial charge in [-0.25, -0.2) is 0 Å². The molecule has 0 aliphatic heterocycles. The van der Waals surface area contributed by atoms with E-state index in [1.54, 1.807) is 0 Å². The van der Waals surface area contributed by atoms with Gasteiger partial charge in [0.1, 0.15) is 0 Å². The Morgan fingerprint density at radius 2 is 1.32 bits per heavy atom. The van der Waals surface area contributed by atoms with Crippen LogP contribution in [0.1, 0.15) is 37.3 Å². The van der Waals surface area contributed by atoms with E-state index < -0.39 is 0 Å². The maximum atomic E-state index is 2.49. The van der Waals surface area contributed by atoms with Crippen LogP contribution in [0.4, 0.5) is 0 Å². The molecule has 0 N–H and O–H groups in total. The lowest BCUT2D eigenvalue weighted by Crippen LogP contribution is -2.22. The molecule has 0 radical (unpaired) electrons. The third-order valence-corrected chi connectivity index (χ3v) is 3.75. The van der Waals surface area contributed by atoms with Crippen LogP contribution < -0.4 is 0 Å². The Hall–Kier alpha value is -1.86. The summed E-state index contributed by atoms with van der Waals surface area (Å²) in [6.45, 7) is 5.24. The number of allylic oxidation sites excluding steroid dienone is 1. The summed E-state index contributed by atoms with van der Waals surface area (Å²) >= 11 is 0. The second-order valence-corrected chi connectivity index (χ2v) is 5.75. The molecule has 1 heteroatoms. The molecule has 0 spiro atoms. The number of benzene rings is 2. The molecule has 2 rings (SSSR count).